The number of carbonyl (C=O) groups is 1. The first kappa shape index (κ1) is 12.2. The van der Waals surface area contributed by atoms with Crippen LogP contribution in [-0.4, -0.2) is 13.1 Å². The SMILES string of the molecule is COC(=O)c1cc2ccc(Br)cc2c2ccccc12. The van der Waals surface area contributed by atoms with Gasteiger partial charge in [0.25, 0.3) is 0 Å². The average molecular weight is 315 g/mol. The van der Waals surface area contributed by atoms with Crippen molar-refractivity contribution in [1.82, 2.24) is 0 Å². The van der Waals surface area contributed by atoms with E-state index >= 15 is 0 Å². The van der Waals surface area contributed by atoms with Crippen LogP contribution in [0.2, 0.25) is 0 Å². The largest absolute Gasteiger partial charge is 0.465 e. The van der Waals surface area contributed by atoms with Gasteiger partial charge >= 0.3 is 5.97 Å². The average Bonchev–Trinajstić information content (AvgIpc) is 2.46. The molecule has 2 nitrogen and oxygen atoms in total. The van der Waals surface area contributed by atoms with Crippen LogP contribution in [0.25, 0.3) is 21.5 Å². The van der Waals surface area contributed by atoms with Gasteiger partial charge in [-0.25, -0.2) is 4.79 Å². The van der Waals surface area contributed by atoms with Gasteiger partial charge in [-0.2, -0.15) is 0 Å². The van der Waals surface area contributed by atoms with Crippen LogP contribution in [0.3, 0.4) is 0 Å². The first-order chi connectivity index (χ1) is 9.20. The lowest BCUT2D eigenvalue weighted by Gasteiger charge is -2.09. The smallest absolute Gasteiger partial charge is 0.338 e. The zero-order chi connectivity index (χ0) is 13.4. The Morgan fingerprint density at radius 1 is 1.00 bits per heavy atom. The molecule has 0 N–H and O–H groups in total. The Balaban J connectivity index is 2.50. The Morgan fingerprint density at radius 2 is 1.74 bits per heavy atom. The molecule has 0 aliphatic heterocycles. The van der Waals surface area contributed by atoms with Crippen molar-refractivity contribution in [1.29, 1.82) is 0 Å². The maximum atomic E-state index is 11.9. The highest BCUT2D eigenvalue weighted by Gasteiger charge is 2.13. The van der Waals surface area contributed by atoms with Gasteiger partial charge in [-0.05, 0) is 39.7 Å². The van der Waals surface area contributed by atoms with Crippen LogP contribution < -0.4 is 0 Å². The molecule has 3 rings (SSSR count). The van der Waals surface area contributed by atoms with Gasteiger partial charge in [-0.15, -0.1) is 0 Å². The summed E-state index contributed by atoms with van der Waals surface area (Å²) in [7, 11) is 1.41. The molecule has 0 bridgehead atoms. The van der Waals surface area contributed by atoms with Crippen LogP contribution in [0.4, 0.5) is 0 Å². The number of hydrogen-bond acceptors (Lipinski definition) is 2. The van der Waals surface area contributed by atoms with Crippen molar-refractivity contribution in [2.24, 2.45) is 0 Å². The number of hydrogen-bond donors (Lipinski definition) is 0. The van der Waals surface area contributed by atoms with E-state index in [-0.39, 0.29) is 5.97 Å². The van der Waals surface area contributed by atoms with E-state index in [0.717, 1.165) is 26.0 Å². The molecule has 0 unspecified atom stereocenters. The van der Waals surface area contributed by atoms with Crippen molar-refractivity contribution in [2.75, 3.05) is 7.11 Å². The molecule has 0 atom stereocenters. The first-order valence-corrected chi connectivity index (χ1v) is 6.69. The molecular weight excluding hydrogens is 304 g/mol. The highest BCUT2D eigenvalue weighted by molar-refractivity contribution is 9.10. The van der Waals surface area contributed by atoms with Gasteiger partial charge in [0, 0.05) is 4.47 Å². The van der Waals surface area contributed by atoms with Crippen molar-refractivity contribution in [3.8, 4) is 0 Å². The van der Waals surface area contributed by atoms with E-state index in [4.69, 9.17) is 4.74 Å². The second-order valence-corrected chi connectivity index (χ2v) is 5.24. The lowest BCUT2D eigenvalue weighted by molar-refractivity contribution is 0.0603. The first-order valence-electron chi connectivity index (χ1n) is 5.90. The second-order valence-electron chi connectivity index (χ2n) is 4.33. The van der Waals surface area contributed by atoms with E-state index in [0.29, 0.717) is 5.56 Å². The molecule has 0 heterocycles. The number of ether oxygens (including phenoxy) is 1. The minimum Gasteiger partial charge on any atom is -0.465 e. The fourth-order valence-corrected chi connectivity index (χ4v) is 2.71. The van der Waals surface area contributed by atoms with Crippen LogP contribution in [0.1, 0.15) is 10.4 Å². The predicted octanol–water partition coefficient (Wildman–Crippen LogP) is 4.54. The Bertz CT molecular complexity index is 793. The molecule has 0 aromatic heterocycles. The molecule has 3 aromatic carbocycles. The van der Waals surface area contributed by atoms with E-state index in [2.05, 4.69) is 22.0 Å². The number of rotatable bonds is 1. The summed E-state index contributed by atoms with van der Waals surface area (Å²) in [5, 5.41) is 4.13. The second kappa shape index (κ2) is 4.67. The summed E-state index contributed by atoms with van der Waals surface area (Å²) in [6.45, 7) is 0. The molecule has 0 aliphatic carbocycles. The van der Waals surface area contributed by atoms with Crippen LogP contribution in [0, 0.1) is 0 Å². The van der Waals surface area contributed by atoms with Gasteiger partial charge in [0.1, 0.15) is 0 Å². The molecule has 0 fully saturated rings. The van der Waals surface area contributed by atoms with E-state index < -0.39 is 0 Å². The molecule has 0 aliphatic rings. The topological polar surface area (TPSA) is 26.3 Å². The van der Waals surface area contributed by atoms with E-state index in [1.54, 1.807) is 0 Å². The summed E-state index contributed by atoms with van der Waals surface area (Å²) in [4.78, 5) is 11.9. The standard InChI is InChI=1S/C16H11BrO2/c1-19-16(18)15-8-10-6-7-11(17)9-14(10)12-4-2-3-5-13(12)15/h2-9H,1H3. The van der Waals surface area contributed by atoms with E-state index in [1.807, 2.05) is 42.5 Å². The molecule has 0 saturated heterocycles. The summed E-state index contributed by atoms with van der Waals surface area (Å²) in [5.41, 5.74) is 0.605. The third kappa shape index (κ3) is 2.00. The van der Waals surface area contributed by atoms with Crippen molar-refractivity contribution in [3.05, 3.63) is 58.6 Å². The summed E-state index contributed by atoms with van der Waals surface area (Å²) in [6.07, 6.45) is 0. The van der Waals surface area contributed by atoms with Gasteiger partial charge in [0.15, 0.2) is 0 Å². The molecule has 0 radical (unpaired) electrons. The predicted molar refractivity (Wildman–Crippen MR) is 80.5 cm³/mol. The Labute approximate surface area is 119 Å². The van der Waals surface area contributed by atoms with E-state index in [9.17, 15) is 4.79 Å². The minimum absolute atomic E-state index is 0.305. The molecule has 19 heavy (non-hydrogen) atoms. The maximum absolute atomic E-state index is 11.9. The highest BCUT2D eigenvalue weighted by Crippen LogP contribution is 2.31. The molecule has 3 heteroatoms. The van der Waals surface area contributed by atoms with Crippen molar-refractivity contribution in [3.63, 3.8) is 0 Å². The summed E-state index contributed by atoms with van der Waals surface area (Å²) < 4.78 is 5.89. The Kier molecular flexibility index (Phi) is 2.99. The van der Waals surface area contributed by atoms with Crippen molar-refractivity contribution >= 4 is 43.4 Å². The van der Waals surface area contributed by atoms with Crippen molar-refractivity contribution in [2.45, 2.75) is 0 Å². The van der Waals surface area contributed by atoms with Crippen LogP contribution in [-0.2, 0) is 4.74 Å². The third-order valence-electron chi connectivity index (χ3n) is 3.23. The lowest BCUT2D eigenvalue weighted by Crippen LogP contribution is -2.02. The Hall–Kier alpha value is -1.87. The van der Waals surface area contributed by atoms with Gasteiger partial charge in [-0.1, -0.05) is 46.3 Å². The highest BCUT2D eigenvalue weighted by atomic mass is 79.9. The lowest BCUT2D eigenvalue weighted by atomic mass is 9.97. The van der Waals surface area contributed by atoms with Crippen LogP contribution in [0.15, 0.2) is 53.0 Å². The summed E-state index contributed by atoms with van der Waals surface area (Å²) >= 11 is 3.49. The van der Waals surface area contributed by atoms with Gasteiger partial charge in [-0.3, -0.25) is 0 Å². The number of fused-ring (bicyclic) bond motifs is 3. The molecule has 94 valence electrons. The van der Waals surface area contributed by atoms with Gasteiger partial charge in [0.2, 0.25) is 0 Å². The summed E-state index contributed by atoms with van der Waals surface area (Å²) in [6, 6.07) is 15.8. The summed E-state index contributed by atoms with van der Waals surface area (Å²) in [5.74, 6) is -0.305. The van der Waals surface area contributed by atoms with E-state index in [1.165, 1.54) is 7.11 Å². The number of carbonyl (C=O) groups excluding carboxylic acids is 1. The molecule has 0 saturated carbocycles. The fraction of sp³-hybridized carbons (Fsp3) is 0.0625. The third-order valence-corrected chi connectivity index (χ3v) is 3.72. The molecule has 0 amide bonds. The zero-order valence-electron chi connectivity index (χ0n) is 10.3. The monoisotopic (exact) mass is 314 g/mol. The molecule has 3 aromatic rings. The van der Waals surface area contributed by atoms with Crippen LogP contribution >= 0.6 is 15.9 Å². The van der Waals surface area contributed by atoms with Crippen molar-refractivity contribution < 1.29 is 9.53 Å². The molecular formula is C16H11BrO2. The number of esters is 1. The molecule has 0 spiro atoms. The number of halogens is 1. The normalized spacial score (nSPS) is 10.8. The minimum atomic E-state index is -0.305. The maximum Gasteiger partial charge on any atom is 0.338 e. The van der Waals surface area contributed by atoms with Gasteiger partial charge in [0.05, 0.1) is 12.7 Å². The number of methoxy groups -OCH3 is 1. The van der Waals surface area contributed by atoms with Crippen LogP contribution in [0.5, 0.6) is 0 Å². The number of benzene rings is 3. The zero-order valence-corrected chi connectivity index (χ0v) is 11.9. The fourth-order valence-electron chi connectivity index (χ4n) is 2.35. The van der Waals surface area contributed by atoms with Gasteiger partial charge < -0.3 is 4.74 Å². The quantitative estimate of drug-likeness (QED) is 0.487. The Morgan fingerprint density at radius 3 is 2.47 bits per heavy atom.